The summed E-state index contributed by atoms with van der Waals surface area (Å²) in [5.74, 6) is 1.44. The third-order valence-corrected chi connectivity index (χ3v) is 5.13. The maximum Gasteiger partial charge on any atom is 0.223 e. The fourth-order valence-corrected chi connectivity index (χ4v) is 3.53. The Bertz CT molecular complexity index is 926. The van der Waals surface area contributed by atoms with Crippen molar-refractivity contribution in [3.63, 3.8) is 0 Å². The van der Waals surface area contributed by atoms with Crippen molar-refractivity contribution in [1.82, 2.24) is 20.3 Å². The minimum Gasteiger partial charge on any atom is -0.363 e. The number of rotatable bonds is 7. The number of thioether (sulfide) groups is 1. The Morgan fingerprint density at radius 3 is 2.79 bits per heavy atom. The van der Waals surface area contributed by atoms with Crippen LogP contribution in [0.1, 0.15) is 24.6 Å². The molecule has 144 valence electrons. The molecule has 2 aromatic rings. The molecule has 0 aromatic carbocycles. The molecule has 2 N–H and O–H groups in total. The molecule has 0 unspecified atom stereocenters. The third-order valence-electron chi connectivity index (χ3n) is 4.19. The first-order chi connectivity index (χ1) is 13.6. The summed E-state index contributed by atoms with van der Waals surface area (Å²) in [5.41, 5.74) is 3.38. The number of allylic oxidation sites excluding steroid dienone is 2. The highest BCUT2D eigenvalue weighted by atomic mass is 32.2. The van der Waals surface area contributed by atoms with Crippen molar-refractivity contribution in [3.05, 3.63) is 58.0 Å². The topological polar surface area (TPSA) is 89.8 Å². The van der Waals surface area contributed by atoms with Crippen LogP contribution in [0.4, 0.5) is 11.8 Å². The highest BCUT2D eigenvalue weighted by Gasteiger charge is 2.16. The van der Waals surface area contributed by atoms with Crippen LogP contribution < -0.4 is 15.5 Å². The van der Waals surface area contributed by atoms with Crippen molar-refractivity contribution in [2.75, 3.05) is 30.9 Å². The average molecular weight is 394 g/mol. The molecule has 1 aliphatic heterocycles. The smallest absolute Gasteiger partial charge is 0.223 e. The summed E-state index contributed by atoms with van der Waals surface area (Å²) in [6.07, 6.45) is 5.26. The molecule has 3 heterocycles. The van der Waals surface area contributed by atoms with Gasteiger partial charge in [0.05, 0.1) is 10.7 Å². The van der Waals surface area contributed by atoms with E-state index in [-0.39, 0.29) is 0 Å². The van der Waals surface area contributed by atoms with Gasteiger partial charge in [-0.15, -0.1) is 0 Å². The highest BCUT2D eigenvalue weighted by molar-refractivity contribution is 8.06. The number of nitrogens with zero attached hydrogens (tertiary/aromatic N) is 5. The van der Waals surface area contributed by atoms with Gasteiger partial charge in [-0.05, 0) is 35.9 Å². The van der Waals surface area contributed by atoms with Gasteiger partial charge in [-0.1, -0.05) is 24.8 Å². The third kappa shape index (κ3) is 4.81. The molecule has 0 amide bonds. The van der Waals surface area contributed by atoms with Crippen LogP contribution in [0.3, 0.4) is 0 Å². The van der Waals surface area contributed by atoms with Crippen molar-refractivity contribution in [2.24, 2.45) is 0 Å². The molecule has 7 nitrogen and oxygen atoms in total. The van der Waals surface area contributed by atoms with E-state index in [1.54, 1.807) is 12.3 Å². The molecule has 2 aromatic heterocycles. The molecule has 0 fully saturated rings. The Morgan fingerprint density at radius 2 is 2.14 bits per heavy atom. The first-order valence-electron chi connectivity index (χ1n) is 9.07. The molecule has 0 atom stereocenters. The SMILES string of the molecule is CCC1=CSC(=C(C#N)c2ccnc(NCCc3ccc(N(C)C)nc3)n2)N1. The molecule has 0 bridgehead atoms. The summed E-state index contributed by atoms with van der Waals surface area (Å²) in [6.45, 7) is 2.75. The van der Waals surface area contributed by atoms with E-state index < -0.39 is 0 Å². The van der Waals surface area contributed by atoms with Gasteiger partial charge in [0.15, 0.2) is 0 Å². The predicted molar refractivity (Wildman–Crippen MR) is 114 cm³/mol. The Labute approximate surface area is 169 Å². The Morgan fingerprint density at radius 1 is 1.29 bits per heavy atom. The number of pyridine rings is 1. The van der Waals surface area contributed by atoms with Crippen LogP contribution in [-0.2, 0) is 6.42 Å². The summed E-state index contributed by atoms with van der Waals surface area (Å²) < 4.78 is 0. The first-order valence-corrected chi connectivity index (χ1v) is 9.95. The summed E-state index contributed by atoms with van der Waals surface area (Å²) in [6, 6.07) is 8.09. The van der Waals surface area contributed by atoms with Crippen LogP contribution >= 0.6 is 11.8 Å². The zero-order valence-corrected chi connectivity index (χ0v) is 17.0. The normalized spacial score (nSPS) is 14.7. The molecule has 8 heteroatoms. The van der Waals surface area contributed by atoms with Crippen LogP contribution in [0.5, 0.6) is 0 Å². The minimum atomic E-state index is 0.510. The Hall–Kier alpha value is -3.05. The maximum absolute atomic E-state index is 9.60. The molecule has 3 rings (SSSR count). The molecule has 0 saturated carbocycles. The number of anilines is 2. The lowest BCUT2D eigenvalue weighted by molar-refractivity contribution is 0.949. The van der Waals surface area contributed by atoms with Crippen molar-refractivity contribution >= 4 is 29.1 Å². The zero-order chi connectivity index (χ0) is 19.9. The second-order valence-corrected chi connectivity index (χ2v) is 7.30. The van der Waals surface area contributed by atoms with Crippen LogP contribution in [0.2, 0.25) is 0 Å². The molecule has 0 aliphatic carbocycles. The van der Waals surface area contributed by atoms with E-state index in [1.165, 1.54) is 11.8 Å². The van der Waals surface area contributed by atoms with Gasteiger partial charge in [-0.3, -0.25) is 0 Å². The van der Waals surface area contributed by atoms with Crippen LogP contribution in [0.25, 0.3) is 5.57 Å². The minimum absolute atomic E-state index is 0.510. The van der Waals surface area contributed by atoms with Crippen molar-refractivity contribution < 1.29 is 0 Å². The second kappa shape index (κ2) is 9.24. The van der Waals surface area contributed by atoms with E-state index in [1.807, 2.05) is 36.7 Å². The number of aromatic nitrogens is 3. The summed E-state index contributed by atoms with van der Waals surface area (Å²) >= 11 is 1.52. The van der Waals surface area contributed by atoms with Gasteiger partial charge in [0.2, 0.25) is 5.95 Å². The first kappa shape index (κ1) is 19.7. The van der Waals surface area contributed by atoms with Crippen LogP contribution in [-0.4, -0.2) is 35.6 Å². The van der Waals surface area contributed by atoms with E-state index in [2.05, 4.69) is 44.6 Å². The van der Waals surface area contributed by atoms with Gasteiger partial charge in [-0.25, -0.2) is 15.0 Å². The molecular weight excluding hydrogens is 370 g/mol. The van der Waals surface area contributed by atoms with Crippen molar-refractivity contribution in [2.45, 2.75) is 19.8 Å². The Balaban J connectivity index is 1.63. The fourth-order valence-electron chi connectivity index (χ4n) is 2.58. The summed E-state index contributed by atoms with van der Waals surface area (Å²) in [7, 11) is 3.94. The van der Waals surface area contributed by atoms with E-state index in [4.69, 9.17) is 0 Å². The Kier molecular flexibility index (Phi) is 6.50. The lowest BCUT2D eigenvalue weighted by atomic mass is 10.2. The maximum atomic E-state index is 9.60. The van der Waals surface area contributed by atoms with Gasteiger partial charge >= 0.3 is 0 Å². The zero-order valence-electron chi connectivity index (χ0n) is 16.2. The quantitative estimate of drug-likeness (QED) is 0.692. The largest absolute Gasteiger partial charge is 0.363 e. The lowest BCUT2D eigenvalue weighted by Gasteiger charge is -2.11. The highest BCUT2D eigenvalue weighted by Crippen LogP contribution is 2.31. The van der Waals surface area contributed by atoms with Crippen molar-refractivity contribution in [3.8, 4) is 6.07 Å². The van der Waals surface area contributed by atoms with Gasteiger partial charge in [0.1, 0.15) is 17.5 Å². The average Bonchev–Trinajstić information content (AvgIpc) is 3.18. The number of nitrogens with one attached hydrogen (secondary N) is 2. The second-order valence-electron chi connectivity index (χ2n) is 6.42. The molecular formula is C20H23N7S. The van der Waals surface area contributed by atoms with Gasteiger partial charge in [0.25, 0.3) is 0 Å². The van der Waals surface area contributed by atoms with Gasteiger partial charge in [-0.2, -0.15) is 5.26 Å². The number of hydrogen-bond donors (Lipinski definition) is 2. The van der Waals surface area contributed by atoms with E-state index in [0.717, 1.165) is 34.9 Å². The monoisotopic (exact) mass is 393 g/mol. The molecule has 1 aliphatic rings. The molecule has 0 radical (unpaired) electrons. The summed E-state index contributed by atoms with van der Waals surface area (Å²) in [4.78, 5) is 15.2. The van der Waals surface area contributed by atoms with E-state index in [0.29, 0.717) is 23.8 Å². The van der Waals surface area contributed by atoms with E-state index in [9.17, 15) is 5.26 Å². The molecule has 28 heavy (non-hydrogen) atoms. The van der Waals surface area contributed by atoms with Crippen molar-refractivity contribution in [1.29, 1.82) is 5.26 Å². The van der Waals surface area contributed by atoms with Gasteiger partial charge in [0, 0.05) is 38.7 Å². The van der Waals surface area contributed by atoms with Crippen LogP contribution in [0, 0.1) is 11.3 Å². The number of hydrogen-bond acceptors (Lipinski definition) is 8. The standard InChI is InChI=1S/C20H23N7S/c1-4-15-13-28-19(25-15)16(11-21)17-8-10-23-20(26-17)22-9-7-14-5-6-18(24-12-14)27(2)3/h5-6,8,10,12-13,25H,4,7,9H2,1-3H3,(H,22,23,26). The van der Waals surface area contributed by atoms with Crippen LogP contribution in [0.15, 0.2) is 46.7 Å². The number of nitriles is 1. The lowest BCUT2D eigenvalue weighted by Crippen LogP contribution is -2.12. The summed E-state index contributed by atoms with van der Waals surface area (Å²) in [5, 5.41) is 19.0. The molecule has 0 spiro atoms. The van der Waals surface area contributed by atoms with Gasteiger partial charge < -0.3 is 15.5 Å². The fraction of sp³-hybridized carbons (Fsp3) is 0.300. The molecule has 0 saturated heterocycles. The predicted octanol–water partition coefficient (Wildman–Crippen LogP) is 3.37. The van der Waals surface area contributed by atoms with E-state index >= 15 is 0 Å².